The SMILES string of the molecule is Cc1cc(NC(=O)NC2=C(C3CCCC3)N3[I-]C=CC=C3N=C2)cnc1-c1cn(CCCCCCC(=O)N2CCN(c3ccc4c(c3)CN(C3CCC(=O)NC3=O)C4=O)CC2)nn1. The second kappa shape index (κ2) is 18.8. The van der Waals surface area contributed by atoms with E-state index in [1.54, 1.807) is 17.3 Å². The molecule has 0 bridgehead atoms. The minimum absolute atomic E-state index is 0.178. The number of hydrogen-bond donors (Lipinski definition) is 3. The first-order valence-corrected chi connectivity index (χ1v) is 24.2. The zero-order valence-corrected chi connectivity index (χ0v) is 37.6. The summed E-state index contributed by atoms with van der Waals surface area (Å²) in [5.41, 5.74) is 7.27. The molecule has 0 radical (unpaired) electrons. The molecule has 6 amide bonds. The summed E-state index contributed by atoms with van der Waals surface area (Å²) in [5.74, 6) is 0.662. The number of carbonyl (C=O) groups excluding carboxylic acids is 5. The second-order valence-corrected chi connectivity index (χ2v) is 19.1. The van der Waals surface area contributed by atoms with Crippen molar-refractivity contribution in [1.82, 2.24) is 43.5 Å². The molecule has 3 N–H and O–H groups in total. The Hall–Kier alpha value is -5.92. The maximum absolute atomic E-state index is 13.2. The number of nitrogens with zero attached hydrogens (tertiary/aromatic N) is 9. The van der Waals surface area contributed by atoms with Gasteiger partial charge < -0.3 is 14.7 Å². The number of aryl methyl sites for hydroxylation is 2. The molecule has 18 heteroatoms. The van der Waals surface area contributed by atoms with Crippen LogP contribution in [0.3, 0.4) is 0 Å². The van der Waals surface area contributed by atoms with Gasteiger partial charge in [0.15, 0.2) is 0 Å². The zero-order chi connectivity index (χ0) is 43.5. The van der Waals surface area contributed by atoms with Crippen LogP contribution in [0.25, 0.3) is 11.4 Å². The maximum atomic E-state index is 13.2. The molecule has 3 aromatic rings. The first-order valence-electron chi connectivity index (χ1n) is 22.0. The number of pyridine rings is 1. The number of nitrogens with one attached hydrogen (secondary N) is 3. The first kappa shape index (κ1) is 42.4. The number of imide groups is 1. The molecule has 3 fully saturated rings. The average Bonchev–Trinajstić information content (AvgIpc) is 4.06. The zero-order valence-electron chi connectivity index (χ0n) is 35.4. The molecule has 1 aliphatic carbocycles. The number of halogens is 1. The van der Waals surface area contributed by atoms with Gasteiger partial charge in [-0.15, -0.1) is 0 Å². The number of rotatable bonds is 13. The summed E-state index contributed by atoms with van der Waals surface area (Å²) >= 11 is -0.371. The van der Waals surface area contributed by atoms with Gasteiger partial charge in [0.05, 0.1) is 0 Å². The molecular weight excluding hydrogens is 915 g/mol. The van der Waals surface area contributed by atoms with Gasteiger partial charge in [0.25, 0.3) is 5.91 Å². The van der Waals surface area contributed by atoms with Crippen LogP contribution in [-0.4, -0.2) is 101 Å². The number of allylic oxidation sites excluding steroid dienone is 4. The van der Waals surface area contributed by atoms with Crippen LogP contribution in [-0.2, 0) is 27.5 Å². The van der Waals surface area contributed by atoms with Crippen LogP contribution in [0, 0.1) is 12.8 Å². The van der Waals surface area contributed by atoms with Crippen molar-refractivity contribution in [1.29, 1.82) is 0 Å². The molecule has 63 heavy (non-hydrogen) atoms. The van der Waals surface area contributed by atoms with Crippen LogP contribution in [0.5, 0.6) is 0 Å². The van der Waals surface area contributed by atoms with Crippen molar-refractivity contribution < 1.29 is 45.5 Å². The average molecular weight is 968 g/mol. The number of carbonyl (C=O) groups is 5. The molecule has 1 saturated carbocycles. The number of amides is 6. The smallest absolute Gasteiger partial charge is 0.368 e. The van der Waals surface area contributed by atoms with E-state index in [1.165, 1.54) is 18.5 Å². The third-order valence-corrected chi connectivity index (χ3v) is 14.9. The van der Waals surface area contributed by atoms with E-state index in [-0.39, 0.29) is 51.7 Å². The van der Waals surface area contributed by atoms with Crippen molar-refractivity contribution in [2.75, 3.05) is 36.4 Å². The van der Waals surface area contributed by atoms with E-state index in [9.17, 15) is 24.0 Å². The molecule has 7 heterocycles. The van der Waals surface area contributed by atoms with Gasteiger partial charge in [-0.25, -0.2) is 0 Å². The Morgan fingerprint density at radius 1 is 0.968 bits per heavy atom. The van der Waals surface area contributed by atoms with Crippen LogP contribution in [0.1, 0.15) is 92.1 Å². The number of piperidine rings is 1. The summed E-state index contributed by atoms with van der Waals surface area (Å²) < 4.78 is 6.37. The molecule has 1 aromatic carbocycles. The van der Waals surface area contributed by atoms with Crippen molar-refractivity contribution in [2.24, 2.45) is 10.9 Å². The molecule has 2 saturated heterocycles. The Balaban J connectivity index is 0.684. The van der Waals surface area contributed by atoms with E-state index in [2.05, 4.69) is 54.4 Å². The number of unbranched alkanes of at least 4 members (excludes halogenated alkanes) is 3. The van der Waals surface area contributed by atoms with E-state index in [1.807, 2.05) is 53.0 Å². The molecular formula is C45H52IN12O5-. The van der Waals surface area contributed by atoms with Crippen LogP contribution >= 0.6 is 0 Å². The van der Waals surface area contributed by atoms with Crippen LogP contribution in [0.15, 0.2) is 75.1 Å². The number of benzene rings is 1. The van der Waals surface area contributed by atoms with Gasteiger partial charge in [-0.3, -0.25) is 29.2 Å². The van der Waals surface area contributed by atoms with Crippen molar-refractivity contribution in [2.45, 2.75) is 96.7 Å². The van der Waals surface area contributed by atoms with E-state index in [0.29, 0.717) is 80.7 Å². The van der Waals surface area contributed by atoms with E-state index >= 15 is 0 Å². The fourth-order valence-electron chi connectivity index (χ4n) is 9.32. The quantitative estimate of drug-likeness (QED) is 0.0990. The van der Waals surface area contributed by atoms with Crippen LogP contribution in [0.4, 0.5) is 16.2 Å². The Morgan fingerprint density at radius 2 is 1.79 bits per heavy atom. The standard InChI is InChI=1S/C45H52IN12O5/c1-29-23-32(49-45(63)50-35-26-47-38-11-8-17-46-58(38)42(35)30-9-5-6-10-30)25-48-41(29)36-28-56(53-52-36)18-7-3-2-4-12-40(60)55-21-19-54(20-22-55)33-13-14-34-31(24-33)27-57(44(34)62)37-15-16-39(59)51-43(37)61/h8,11,13-14,17,23-26,28,30,37H,2-7,9-10,12,15-16,18-22,27H2,1H3,(H2,49,50,63)(H,51,59,61)/q-1. The summed E-state index contributed by atoms with van der Waals surface area (Å²) in [4.78, 5) is 78.5. The summed E-state index contributed by atoms with van der Waals surface area (Å²) in [7, 11) is 0. The normalized spacial score (nSPS) is 20.1. The summed E-state index contributed by atoms with van der Waals surface area (Å²) in [6, 6.07) is 6.72. The number of aromatic nitrogens is 4. The molecule has 1 atom stereocenters. The Kier molecular flexibility index (Phi) is 12.7. The van der Waals surface area contributed by atoms with Gasteiger partial charge in [-0.05, 0) is 43.0 Å². The Morgan fingerprint density at radius 3 is 2.60 bits per heavy atom. The third kappa shape index (κ3) is 9.40. The number of hydrogen-bond acceptors (Lipinski definition) is 11. The minimum Gasteiger partial charge on any atom is -0.368 e. The molecule has 6 aliphatic rings. The minimum atomic E-state index is -0.634. The van der Waals surface area contributed by atoms with Gasteiger partial charge in [-0.2, -0.15) is 0 Å². The van der Waals surface area contributed by atoms with Gasteiger partial charge in [0.2, 0.25) is 17.7 Å². The summed E-state index contributed by atoms with van der Waals surface area (Å²) in [6.07, 6.45) is 18.8. The fourth-order valence-corrected chi connectivity index (χ4v) is 11.6. The number of anilines is 2. The fraction of sp³-hybridized carbons (Fsp3) is 0.444. The Bertz CT molecular complexity index is 2430. The van der Waals surface area contributed by atoms with E-state index in [0.717, 1.165) is 66.9 Å². The number of piperazine rings is 1. The topological polar surface area (TPSA) is 190 Å². The van der Waals surface area contributed by atoms with Crippen molar-refractivity contribution in [3.63, 3.8) is 0 Å². The van der Waals surface area contributed by atoms with Gasteiger partial charge in [-0.1, -0.05) is 18.1 Å². The summed E-state index contributed by atoms with van der Waals surface area (Å²) in [6.45, 7) is 5.69. The molecule has 17 nitrogen and oxygen atoms in total. The Labute approximate surface area is 376 Å². The predicted molar refractivity (Wildman–Crippen MR) is 231 cm³/mol. The van der Waals surface area contributed by atoms with Gasteiger partial charge in [0, 0.05) is 63.4 Å². The molecule has 9 rings (SSSR count). The molecule has 0 spiro atoms. The summed E-state index contributed by atoms with van der Waals surface area (Å²) in [5, 5.41) is 17.1. The van der Waals surface area contributed by atoms with Crippen molar-refractivity contribution in [3.8, 4) is 11.4 Å². The third-order valence-electron chi connectivity index (χ3n) is 12.6. The molecule has 2 aromatic heterocycles. The second-order valence-electron chi connectivity index (χ2n) is 16.9. The molecule has 1 unspecified atom stereocenters. The number of aliphatic imine (C=N–C) groups is 1. The van der Waals surface area contributed by atoms with Gasteiger partial charge in [0.1, 0.15) is 6.04 Å². The first-order chi connectivity index (χ1) is 30.7. The van der Waals surface area contributed by atoms with Crippen molar-refractivity contribution in [3.05, 3.63) is 86.8 Å². The number of fused-ring (bicyclic) bond motifs is 2. The van der Waals surface area contributed by atoms with Crippen LogP contribution in [0.2, 0.25) is 0 Å². The molecule has 330 valence electrons. The van der Waals surface area contributed by atoms with E-state index in [4.69, 9.17) is 0 Å². The predicted octanol–water partition coefficient (Wildman–Crippen LogP) is 1.99. The van der Waals surface area contributed by atoms with Crippen molar-refractivity contribution >= 4 is 47.2 Å². The molecule has 5 aliphatic heterocycles. The van der Waals surface area contributed by atoms with E-state index < -0.39 is 11.9 Å². The van der Waals surface area contributed by atoms with Gasteiger partial charge >= 0.3 is 180 Å². The van der Waals surface area contributed by atoms with Crippen LogP contribution < -0.4 is 42.3 Å². The monoisotopic (exact) mass is 967 g/mol. The number of urea groups is 1.